The molecule has 0 aliphatic heterocycles. The SMILES string of the molecule is CC(CNC1CCCCC1C(C)C)NC(=O)OC(C)(C)C. The third-order valence-electron chi connectivity index (χ3n) is 4.13. The zero-order chi connectivity index (χ0) is 16.0. The minimum Gasteiger partial charge on any atom is -0.444 e. The zero-order valence-corrected chi connectivity index (χ0v) is 14.7. The van der Waals surface area contributed by atoms with E-state index in [0.29, 0.717) is 6.04 Å². The molecule has 0 radical (unpaired) electrons. The van der Waals surface area contributed by atoms with Gasteiger partial charge in [-0.05, 0) is 52.4 Å². The normalized spacial score (nSPS) is 24.7. The third-order valence-corrected chi connectivity index (χ3v) is 4.13. The highest BCUT2D eigenvalue weighted by Gasteiger charge is 2.27. The van der Waals surface area contributed by atoms with E-state index in [2.05, 4.69) is 24.5 Å². The summed E-state index contributed by atoms with van der Waals surface area (Å²) in [5.74, 6) is 1.48. The molecule has 124 valence electrons. The molecule has 2 N–H and O–H groups in total. The van der Waals surface area contributed by atoms with Crippen molar-refractivity contribution in [2.75, 3.05) is 6.54 Å². The molecule has 1 fully saturated rings. The van der Waals surface area contributed by atoms with Crippen molar-refractivity contribution < 1.29 is 9.53 Å². The van der Waals surface area contributed by atoms with Crippen molar-refractivity contribution in [3.05, 3.63) is 0 Å². The molecule has 21 heavy (non-hydrogen) atoms. The number of hydrogen-bond donors (Lipinski definition) is 2. The Morgan fingerprint density at radius 2 is 1.81 bits per heavy atom. The summed E-state index contributed by atoms with van der Waals surface area (Å²) in [5, 5.41) is 6.55. The van der Waals surface area contributed by atoms with Crippen molar-refractivity contribution in [2.45, 2.75) is 84.9 Å². The fourth-order valence-electron chi connectivity index (χ4n) is 3.10. The third kappa shape index (κ3) is 7.16. The second-order valence-electron chi connectivity index (χ2n) is 7.75. The number of amides is 1. The van der Waals surface area contributed by atoms with Gasteiger partial charge in [0.15, 0.2) is 0 Å². The van der Waals surface area contributed by atoms with E-state index >= 15 is 0 Å². The van der Waals surface area contributed by atoms with Crippen molar-refractivity contribution in [1.29, 1.82) is 0 Å². The topological polar surface area (TPSA) is 50.4 Å². The Kier molecular flexibility index (Phi) is 6.98. The lowest BCUT2D eigenvalue weighted by molar-refractivity contribution is 0.0506. The molecule has 1 aliphatic rings. The first kappa shape index (κ1) is 18.3. The van der Waals surface area contributed by atoms with Crippen LogP contribution in [-0.2, 0) is 4.74 Å². The van der Waals surface area contributed by atoms with Crippen LogP contribution in [0.1, 0.15) is 67.2 Å². The summed E-state index contributed by atoms with van der Waals surface area (Å²) in [6.45, 7) is 13.1. The van der Waals surface area contributed by atoms with Gasteiger partial charge in [-0.2, -0.15) is 0 Å². The first-order chi connectivity index (χ1) is 9.69. The fourth-order valence-corrected chi connectivity index (χ4v) is 3.10. The van der Waals surface area contributed by atoms with Crippen LogP contribution in [0.2, 0.25) is 0 Å². The van der Waals surface area contributed by atoms with Crippen molar-refractivity contribution >= 4 is 6.09 Å². The average Bonchev–Trinajstić information content (AvgIpc) is 2.34. The number of carbonyl (C=O) groups is 1. The monoisotopic (exact) mass is 298 g/mol. The van der Waals surface area contributed by atoms with E-state index in [1.807, 2.05) is 27.7 Å². The zero-order valence-electron chi connectivity index (χ0n) is 14.7. The lowest BCUT2D eigenvalue weighted by atomic mass is 9.78. The molecule has 1 amide bonds. The molecule has 1 aliphatic carbocycles. The number of nitrogens with one attached hydrogen (secondary N) is 2. The summed E-state index contributed by atoms with van der Waals surface area (Å²) in [5.41, 5.74) is -0.441. The lowest BCUT2D eigenvalue weighted by Crippen LogP contribution is -2.48. The number of carbonyl (C=O) groups excluding carboxylic acids is 1. The molecule has 4 nitrogen and oxygen atoms in total. The molecular formula is C17H34N2O2. The summed E-state index contributed by atoms with van der Waals surface area (Å²) in [6.07, 6.45) is 4.91. The first-order valence-electron chi connectivity index (χ1n) is 8.42. The second kappa shape index (κ2) is 8.02. The molecule has 1 rings (SSSR count). The van der Waals surface area contributed by atoms with E-state index < -0.39 is 5.60 Å². The largest absolute Gasteiger partial charge is 0.444 e. The predicted octanol–water partition coefficient (Wildman–Crippen LogP) is 3.70. The lowest BCUT2D eigenvalue weighted by Gasteiger charge is -2.35. The van der Waals surface area contributed by atoms with Crippen molar-refractivity contribution in [1.82, 2.24) is 10.6 Å². The van der Waals surface area contributed by atoms with E-state index in [-0.39, 0.29) is 12.1 Å². The Balaban J connectivity index is 2.34. The molecular weight excluding hydrogens is 264 g/mol. The number of rotatable bonds is 5. The Labute approximate surface area is 130 Å². The summed E-state index contributed by atoms with van der Waals surface area (Å²) >= 11 is 0. The van der Waals surface area contributed by atoms with Gasteiger partial charge in [0.05, 0.1) is 0 Å². The minimum absolute atomic E-state index is 0.0783. The highest BCUT2D eigenvalue weighted by Crippen LogP contribution is 2.30. The van der Waals surface area contributed by atoms with E-state index in [9.17, 15) is 4.79 Å². The van der Waals surface area contributed by atoms with Gasteiger partial charge in [-0.1, -0.05) is 26.7 Å². The summed E-state index contributed by atoms with van der Waals surface area (Å²) < 4.78 is 5.28. The fraction of sp³-hybridized carbons (Fsp3) is 0.941. The van der Waals surface area contributed by atoms with E-state index in [4.69, 9.17) is 4.74 Å². The number of ether oxygens (including phenoxy) is 1. The molecule has 0 aromatic heterocycles. The molecule has 0 spiro atoms. The van der Waals surface area contributed by atoms with Crippen LogP contribution in [0.15, 0.2) is 0 Å². The molecule has 0 heterocycles. The van der Waals surface area contributed by atoms with Crippen LogP contribution in [0.5, 0.6) is 0 Å². The Morgan fingerprint density at radius 3 is 2.38 bits per heavy atom. The van der Waals surface area contributed by atoms with Gasteiger partial charge in [-0.3, -0.25) is 0 Å². The van der Waals surface area contributed by atoms with Crippen LogP contribution in [0.4, 0.5) is 4.79 Å². The smallest absolute Gasteiger partial charge is 0.407 e. The van der Waals surface area contributed by atoms with Crippen LogP contribution < -0.4 is 10.6 Å². The Morgan fingerprint density at radius 1 is 1.19 bits per heavy atom. The average molecular weight is 298 g/mol. The minimum atomic E-state index is -0.441. The molecule has 3 unspecified atom stereocenters. The Hall–Kier alpha value is -0.770. The molecule has 0 saturated heterocycles. The van der Waals surface area contributed by atoms with Crippen LogP contribution in [0, 0.1) is 11.8 Å². The highest BCUT2D eigenvalue weighted by molar-refractivity contribution is 5.68. The predicted molar refractivity (Wildman–Crippen MR) is 87.4 cm³/mol. The van der Waals surface area contributed by atoms with Gasteiger partial charge in [0.1, 0.15) is 5.60 Å². The van der Waals surface area contributed by atoms with Gasteiger partial charge in [0.2, 0.25) is 0 Å². The summed E-state index contributed by atoms with van der Waals surface area (Å²) in [6, 6.07) is 0.663. The van der Waals surface area contributed by atoms with E-state index in [1.54, 1.807) is 0 Å². The maximum Gasteiger partial charge on any atom is 0.407 e. The van der Waals surface area contributed by atoms with Gasteiger partial charge in [0.25, 0.3) is 0 Å². The molecule has 3 atom stereocenters. The van der Waals surface area contributed by atoms with E-state index in [0.717, 1.165) is 18.4 Å². The summed E-state index contributed by atoms with van der Waals surface area (Å²) in [4.78, 5) is 11.7. The van der Waals surface area contributed by atoms with Gasteiger partial charge in [-0.15, -0.1) is 0 Å². The van der Waals surface area contributed by atoms with Gasteiger partial charge in [-0.25, -0.2) is 4.79 Å². The van der Waals surface area contributed by atoms with Crippen molar-refractivity contribution in [3.63, 3.8) is 0 Å². The van der Waals surface area contributed by atoms with Gasteiger partial charge >= 0.3 is 6.09 Å². The maximum atomic E-state index is 11.7. The van der Waals surface area contributed by atoms with E-state index in [1.165, 1.54) is 25.7 Å². The number of hydrogen-bond acceptors (Lipinski definition) is 3. The molecule has 4 heteroatoms. The van der Waals surface area contributed by atoms with Crippen molar-refractivity contribution in [3.8, 4) is 0 Å². The molecule has 0 aromatic rings. The maximum absolute atomic E-state index is 11.7. The second-order valence-corrected chi connectivity index (χ2v) is 7.75. The highest BCUT2D eigenvalue weighted by atomic mass is 16.6. The quantitative estimate of drug-likeness (QED) is 0.813. The molecule has 1 saturated carbocycles. The summed E-state index contributed by atoms with van der Waals surface area (Å²) in [7, 11) is 0. The molecule has 0 bridgehead atoms. The van der Waals surface area contributed by atoms with Crippen molar-refractivity contribution in [2.24, 2.45) is 11.8 Å². The van der Waals surface area contributed by atoms with Crippen LogP contribution in [0.3, 0.4) is 0 Å². The van der Waals surface area contributed by atoms with Crippen LogP contribution >= 0.6 is 0 Å². The standard InChI is InChI=1S/C17H34N2O2/c1-12(2)14-9-7-8-10-15(14)18-11-13(3)19-16(20)21-17(4,5)6/h12-15,18H,7-11H2,1-6H3,(H,19,20). The Bertz CT molecular complexity index is 323. The van der Waals surface area contributed by atoms with Crippen LogP contribution in [-0.4, -0.2) is 30.3 Å². The van der Waals surface area contributed by atoms with Gasteiger partial charge in [0, 0.05) is 18.6 Å². The van der Waals surface area contributed by atoms with Gasteiger partial charge < -0.3 is 15.4 Å². The van der Waals surface area contributed by atoms with Crippen LogP contribution in [0.25, 0.3) is 0 Å². The number of alkyl carbamates (subject to hydrolysis) is 1. The first-order valence-corrected chi connectivity index (χ1v) is 8.42. The molecule has 0 aromatic carbocycles.